The molecule has 0 saturated heterocycles. The lowest BCUT2D eigenvalue weighted by atomic mass is 10.2. The van der Waals surface area contributed by atoms with Gasteiger partial charge in [-0.2, -0.15) is 20.0 Å². The van der Waals surface area contributed by atoms with E-state index in [9.17, 15) is 5.26 Å². The van der Waals surface area contributed by atoms with E-state index < -0.39 is 0 Å². The average Bonchev–Trinajstić information content (AvgIpc) is 2.99. The molecule has 138 valence electrons. The van der Waals surface area contributed by atoms with Gasteiger partial charge in [0.2, 0.25) is 5.88 Å². The monoisotopic (exact) mass is 418 g/mol. The fourth-order valence-electron chi connectivity index (χ4n) is 2.32. The van der Waals surface area contributed by atoms with Crippen LogP contribution in [-0.4, -0.2) is 32.3 Å². The third-order valence-corrected chi connectivity index (χ3v) is 5.07. The molecule has 2 N–H and O–H groups in total. The van der Waals surface area contributed by atoms with Crippen LogP contribution >= 0.6 is 35.1 Å². The number of halogens is 1. The minimum Gasteiger partial charge on any atom is -0.439 e. The summed E-state index contributed by atoms with van der Waals surface area (Å²) in [6.07, 6.45) is 3.69. The highest BCUT2D eigenvalue weighted by Gasteiger charge is 2.18. The van der Waals surface area contributed by atoms with Gasteiger partial charge >= 0.3 is 0 Å². The van der Waals surface area contributed by atoms with Crippen LogP contribution in [0, 0.1) is 18.3 Å². The SMILES string of the molecule is CSc1nc(Oc2ccc(Cl)cc2C)cc(-n2nc(SC)c(C#N)c2N)n1. The summed E-state index contributed by atoms with van der Waals surface area (Å²) in [6, 6.07) is 9.04. The highest BCUT2D eigenvalue weighted by atomic mass is 35.5. The summed E-state index contributed by atoms with van der Waals surface area (Å²) in [5.41, 5.74) is 7.30. The second-order valence-electron chi connectivity index (χ2n) is 5.36. The average molecular weight is 419 g/mol. The van der Waals surface area contributed by atoms with Crippen LogP contribution in [0.3, 0.4) is 0 Å². The molecule has 7 nitrogen and oxygen atoms in total. The molecule has 2 aromatic heterocycles. The fraction of sp³-hybridized carbons (Fsp3) is 0.176. The van der Waals surface area contributed by atoms with Crippen LogP contribution in [0.15, 0.2) is 34.4 Å². The number of aromatic nitrogens is 4. The molecule has 3 aromatic rings. The third kappa shape index (κ3) is 3.98. The molecule has 0 saturated carbocycles. The molecule has 27 heavy (non-hydrogen) atoms. The molecule has 10 heteroatoms. The molecular weight excluding hydrogens is 404 g/mol. The molecule has 1 aromatic carbocycles. The molecule has 0 aliphatic heterocycles. The van der Waals surface area contributed by atoms with Crippen molar-refractivity contribution in [2.45, 2.75) is 17.1 Å². The number of rotatable bonds is 5. The van der Waals surface area contributed by atoms with Crippen LogP contribution in [0.5, 0.6) is 11.6 Å². The quantitative estimate of drug-likeness (QED) is 0.482. The maximum absolute atomic E-state index is 9.32. The van der Waals surface area contributed by atoms with Gasteiger partial charge in [-0.25, -0.2) is 4.98 Å². The number of nitrogen functional groups attached to an aromatic ring is 1. The van der Waals surface area contributed by atoms with E-state index in [1.807, 2.05) is 25.5 Å². The van der Waals surface area contributed by atoms with Crippen LogP contribution < -0.4 is 10.5 Å². The van der Waals surface area contributed by atoms with Gasteiger partial charge in [0.15, 0.2) is 11.0 Å². The van der Waals surface area contributed by atoms with Gasteiger partial charge in [-0.15, -0.1) is 11.8 Å². The summed E-state index contributed by atoms with van der Waals surface area (Å²) in [4.78, 5) is 8.82. The molecule has 2 heterocycles. The first-order valence-corrected chi connectivity index (χ1v) is 10.5. The Morgan fingerprint density at radius 3 is 2.59 bits per heavy atom. The van der Waals surface area contributed by atoms with Crippen molar-refractivity contribution in [3.63, 3.8) is 0 Å². The molecule has 0 spiro atoms. The first kappa shape index (κ1) is 19.4. The van der Waals surface area contributed by atoms with Gasteiger partial charge in [-0.3, -0.25) is 0 Å². The summed E-state index contributed by atoms with van der Waals surface area (Å²) in [7, 11) is 0. The second kappa shape index (κ2) is 8.08. The topological polar surface area (TPSA) is 103 Å². The second-order valence-corrected chi connectivity index (χ2v) is 7.36. The Labute approximate surface area is 169 Å². The Balaban J connectivity index is 2.07. The molecule has 0 fully saturated rings. The van der Waals surface area contributed by atoms with Crippen LogP contribution in [0.25, 0.3) is 5.82 Å². The molecule has 0 aliphatic carbocycles. The van der Waals surface area contributed by atoms with E-state index in [1.165, 1.54) is 28.2 Å². The van der Waals surface area contributed by atoms with Gasteiger partial charge in [0.05, 0.1) is 0 Å². The molecule has 0 aliphatic rings. The van der Waals surface area contributed by atoms with E-state index in [2.05, 4.69) is 21.1 Å². The number of anilines is 1. The van der Waals surface area contributed by atoms with Crippen molar-refractivity contribution in [1.82, 2.24) is 19.7 Å². The number of hydrogen-bond acceptors (Lipinski definition) is 8. The van der Waals surface area contributed by atoms with Crippen molar-refractivity contribution in [3.05, 3.63) is 40.4 Å². The van der Waals surface area contributed by atoms with Crippen molar-refractivity contribution in [2.75, 3.05) is 18.2 Å². The van der Waals surface area contributed by atoms with Crippen molar-refractivity contribution in [3.8, 4) is 23.5 Å². The van der Waals surface area contributed by atoms with Crippen molar-refractivity contribution in [1.29, 1.82) is 5.26 Å². The number of aryl methyl sites for hydroxylation is 1. The number of nitrogens with two attached hydrogens (primary N) is 1. The highest BCUT2D eigenvalue weighted by Crippen LogP contribution is 2.30. The predicted molar refractivity (Wildman–Crippen MR) is 108 cm³/mol. The lowest BCUT2D eigenvalue weighted by Gasteiger charge is -2.11. The minimum atomic E-state index is 0.223. The fourth-order valence-corrected chi connectivity index (χ4v) is 3.43. The molecule has 3 rings (SSSR count). The summed E-state index contributed by atoms with van der Waals surface area (Å²) < 4.78 is 7.35. The molecule has 0 atom stereocenters. The maximum atomic E-state index is 9.32. The van der Waals surface area contributed by atoms with Gasteiger partial charge in [0.1, 0.15) is 28.2 Å². The van der Waals surface area contributed by atoms with E-state index in [-0.39, 0.29) is 5.82 Å². The van der Waals surface area contributed by atoms with Gasteiger partial charge in [-0.1, -0.05) is 23.4 Å². The van der Waals surface area contributed by atoms with E-state index in [1.54, 1.807) is 18.2 Å². The number of nitriles is 1. The summed E-state index contributed by atoms with van der Waals surface area (Å²) >= 11 is 8.70. The van der Waals surface area contributed by atoms with E-state index in [4.69, 9.17) is 22.1 Å². The smallest absolute Gasteiger partial charge is 0.225 e. The summed E-state index contributed by atoms with van der Waals surface area (Å²) in [6.45, 7) is 1.90. The van der Waals surface area contributed by atoms with Crippen LogP contribution in [-0.2, 0) is 0 Å². The van der Waals surface area contributed by atoms with E-state index in [0.717, 1.165) is 5.56 Å². The van der Waals surface area contributed by atoms with Gasteiger partial charge < -0.3 is 10.5 Å². The van der Waals surface area contributed by atoms with Crippen LogP contribution in [0.1, 0.15) is 11.1 Å². The Hall–Kier alpha value is -2.41. The standard InChI is InChI=1S/C17H15ClN6OS2/c1-9-6-10(18)4-5-12(9)25-14-7-13(21-17(22-14)27-3)24-15(20)11(8-19)16(23-24)26-2/h4-7H,20H2,1-3H3. The van der Waals surface area contributed by atoms with Crippen molar-refractivity contribution < 1.29 is 4.74 Å². The van der Waals surface area contributed by atoms with Gasteiger partial charge in [0.25, 0.3) is 0 Å². The van der Waals surface area contributed by atoms with Gasteiger partial charge in [-0.05, 0) is 43.2 Å². The normalized spacial score (nSPS) is 10.6. The predicted octanol–water partition coefficient (Wildman–Crippen LogP) is 4.31. The molecular formula is C17H15ClN6OS2. The van der Waals surface area contributed by atoms with Gasteiger partial charge in [0, 0.05) is 11.1 Å². The van der Waals surface area contributed by atoms with Crippen LogP contribution in [0.4, 0.5) is 5.82 Å². The summed E-state index contributed by atoms with van der Waals surface area (Å²) in [5, 5.41) is 15.4. The van der Waals surface area contributed by atoms with E-state index in [0.29, 0.717) is 38.2 Å². The zero-order chi connectivity index (χ0) is 19.6. The zero-order valence-corrected chi connectivity index (χ0v) is 17.1. The number of hydrogen-bond donors (Lipinski definition) is 1. The Bertz CT molecular complexity index is 1050. The molecule has 0 amide bonds. The number of ether oxygens (including phenoxy) is 1. The third-order valence-electron chi connectivity index (χ3n) is 3.61. The number of nitrogens with zero attached hydrogens (tertiary/aromatic N) is 5. The molecule has 0 unspecified atom stereocenters. The number of benzene rings is 1. The Morgan fingerprint density at radius 2 is 2.00 bits per heavy atom. The van der Waals surface area contributed by atoms with Crippen molar-refractivity contribution >= 4 is 40.9 Å². The molecule has 0 bridgehead atoms. The molecule has 0 radical (unpaired) electrons. The highest BCUT2D eigenvalue weighted by molar-refractivity contribution is 7.98. The van der Waals surface area contributed by atoms with Crippen LogP contribution in [0.2, 0.25) is 5.02 Å². The minimum absolute atomic E-state index is 0.223. The first-order chi connectivity index (χ1) is 13.0. The maximum Gasteiger partial charge on any atom is 0.225 e. The summed E-state index contributed by atoms with van der Waals surface area (Å²) in [5.74, 6) is 1.62. The lowest BCUT2D eigenvalue weighted by molar-refractivity contribution is 0.451. The number of thioether (sulfide) groups is 2. The zero-order valence-electron chi connectivity index (χ0n) is 14.7. The first-order valence-electron chi connectivity index (χ1n) is 7.66. The van der Waals surface area contributed by atoms with Crippen molar-refractivity contribution in [2.24, 2.45) is 0 Å². The Kier molecular flexibility index (Phi) is 5.79. The lowest BCUT2D eigenvalue weighted by Crippen LogP contribution is -2.07. The van der Waals surface area contributed by atoms with E-state index >= 15 is 0 Å². The Morgan fingerprint density at radius 1 is 1.22 bits per heavy atom. The largest absolute Gasteiger partial charge is 0.439 e.